The van der Waals surface area contributed by atoms with Gasteiger partial charge in [0.1, 0.15) is 0 Å². The van der Waals surface area contributed by atoms with Crippen LogP contribution in [0.2, 0.25) is 0 Å². The first-order valence-electron chi connectivity index (χ1n) is 4.71. The van der Waals surface area contributed by atoms with Crippen LogP contribution in [0.15, 0.2) is 24.5 Å². The quantitative estimate of drug-likeness (QED) is 0.382. The van der Waals surface area contributed by atoms with Gasteiger partial charge >= 0.3 is 29.6 Å². The van der Waals surface area contributed by atoms with Crippen LogP contribution in [-0.4, -0.2) is 33.5 Å². The summed E-state index contributed by atoms with van der Waals surface area (Å²) in [4.78, 5) is 12.6. The smallest absolute Gasteiger partial charge is 0.507 e. The molecule has 0 fully saturated rings. The van der Waals surface area contributed by atoms with Gasteiger partial charge in [-0.2, -0.15) is 0 Å². The van der Waals surface area contributed by atoms with Crippen LogP contribution in [0.5, 0.6) is 5.75 Å². The molecule has 0 bridgehead atoms. The second kappa shape index (κ2) is 8.68. The van der Waals surface area contributed by atoms with Crippen LogP contribution < -0.4 is 34.3 Å². The average molecular weight is 257 g/mol. The third-order valence-electron chi connectivity index (χ3n) is 1.89. The molecule has 2 heterocycles. The summed E-state index contributed by atoms with van der Waals surface area (Å²) in [5, 5.41) is 10.9. The number of aromatic nitrogens is 3. The summed E-state index contributed by atoms with van der Waals surface area (Å²) in [5.41, 5.74) is 1.60. The maximum Gasteiger partial charge on any atom is 1.00 e. The van der Waals surface area contributed by atoms with Gasteiger partial charge < -0.3 is 19.5 Å². The molecule has 0 spiro atoms. The van der Waals surface area contributed by atoms with Gasteiger partial charge in [-0.25, -0.2) is 0 Å². The topological polar surface area (TPSA) is 77.2 Å². The molecule has 6 nitrogen and oxygen atoms in total. The summed E-state index contributed by atoms with van der Waals surface area (Å²) in [5.74, 6) is 0.733. The molecule has 2 aromatic rings. The molecule has 0 atom stereocenters. The zero-order valence-corrected chi connectivity index (χ0v) is 12.5. The summed E-state index contributed by atoms with van der Waals surface area (Å²) in [6.07, 6.45) is 6.46. The largest absolute Gasteiger partial charge is 1.00 e. The second-order valence-corrected chi connectivity index (χ2v) is 2.95. The van der Waals surface area contributed by atoms with Crippen molar-refractivity contribution in [2.45, 2.75) is 0 Å². The molecule has 0 aromatic carbocycles. The van der Waals surface area contributed by atoms with E-state index in [0.29, 0.717) is 0 Å². The Morgan fingerprint density at radius 1 is 1.56 bits per heavy atom. The maximum atomic E-state index is 8.36. The maximum absolute atomic E-state index is 8.36. The van der Waals surface area contributed by atoms with Crippen LogP contribution in [-0.2, 0) is 11.8 Å². The molecule has 90 valence electrons. The zero-order chi connectivity index (χ0) is 12.7. The Labute approximate surface area is 127 Å². The van der Waals surface area contributed by atoms with Crippen LogP contribution >= 0.6 is 0 Å². The number of nitrogens with zero attached hydrogens (tertiary/aromatic N) is 3. The Morgan fingerprint density at radius 3 is 2.72 bits per heavy atom. The van der Waals surface area contributed by atoms with Crippen molar-refractivity contribution in [3.05, 3.63) is 30.7 Å². The van der Waals surface area contributed by atoms with E-state index in [1.165, 1.54) is 0 Å². The minimum atomic E-state index is -0.250. The van der Waals surface area contributed by atoms with Gasteiger partial charge in [-0.05, 0) is 12.1 Å². The van der Waals surface area contributed by atoms with E-state index >= 15 is 0 Å². The van der Waals surface area contributed by atoms with E-state index in [1.807, 2.05) is 19.2 Å². The Balaban J connectivity index is 0.000000660. The first-order chi connectivity index (χ1) is 8.22. The van der Waals surface area contributed by atoms with Gasteiger partial charge in [0.15, 0.2) is 0 Å². The zero-order valence-electron chi connectivity index (χ0n) is 10.5. The van der Waals surface area contributed by atoms with E-state index in [4.69, 9.17) is 14.6 Å². The Bertz CT molecular complexity index is 488. The number of ether oxygens (including phenoxy) is 1. The van der Waals surface area contributed by atoms with Crippen LogP contribution in [0.1, 0.15) is 0 Å². The summed E-state index contributed by atoms with van der Waals surface area (Å²) in [7, 11) is 3.44. The van der Waals surface area contributed by atoms with Gasteiger partial charge in [0.25, 0.3) is 6.47 Å². The number of methoxy groups -OCH3 is 1. The van der Waals surface area contributed by atoms with Crippen molar-refractivity contribution in [2.24, 2.45) is 7.05 Å². The summed E-state index contributed by atoms with van der Waals surface area (Å²) in [6, 6.07) is 3.70. The molecule has 0 unspecified atom stereocenters. The first kappa shape index (κ1) is 16.6. The molecule has 0 aliphatic carbocycles. The van der Waals surface area contributed by atoms with Gasteiger partial charge in [0, 0.05) is 18.9 Å². The Morgan fingerprint density at radius 2 is 2.22 bits per heavy atom. The Kier molecular flexibility index (Phi) is 8.02. The first-order valence-corrected chi connectivity index (χ1v) is 4.71. The average Bonchev–Trinajstić information content (AvgIpc) is 2.77. The minimum Gasteiger partial charge on any atom is -0.507 e. The molecule has 2 rings (SSSR count). The van der Waals surface area contributed by atoms with E-state index in [2.05, 4.69) is 16.3 Å². The van der Waals surface area contributed by atoms with Crippen molar-refractivity contribution in [3.63, 3.8) is 0 Å². The fourth-order valence-corrected chi connectivity index (χ4v) is 1.25. The standard InChI is InChI=1S/C10H10N3O.CH2O2.Na/c1-13-7-8(6-12-13)10-9(14-2)4-3-5-11-10;2-1-3;/h3-6H,1-2H3;1H,(H,2,3);/q-1;;+1. The van der Waals surface area contributed by atoms with Crippen LogP contribution in [0.4, 0.5) is 0 Å². The van der Waals surface area contributed by atoms with Crippen LogP contribution in [0.3, 0.4) is 0 Å². The Hall–Kier alpha value is -1.37. The van der Waals surface area contributed by atoms with Crippen LogP contribution in [0.25, 0.3) is 11.3 Å². The van der Waals surface area contributed by atoms with E-state index in [0.717, 1.165) is 17.0 Å². The number of rotatable bonds is 2. The predicted molar refractivity (Wildman–Crippen MR) is 60.5 cm³/mol. The third-order valence-corrected chi connectivity index (χ3v) is 1.89. The number of carbonyl (C=O) groups is 1. The molecular formula is C11H12N3NaO3. The van der Waals surface area contributed by atoms with E-state index in [-0.39, 0.29) is 36.0 Å². The molecule has 0 aliphatic rings. The molecule has 0 radical (unpaired) electrons. The molecule has 1 N–H and O–H groups in total. The summed E-state index contributed by atoms with van der Waals surface area (Å²) in [6.45, 7) is -0.250. The van der Waals surface area contributed by atoms with Crippen LogP contribution in [0, 0.1) is 6.20 Å². The monoisotopic (exact) mass is 257 g/mol. The molecule has 0 amide bonds. The number of carboxylic acid groups (broad SMARTS) is 1. The number of pyridine rings is 1. The van der Waals surface area contributed by atoms with Crippen molar-refractivity contribution in [1.82, 2.24) is 14.8 Å². The number of hydrogen-bond acceptors (Lipinski definition) is 4. The van der Waals surface area contributed by atoms with Crippen molar-refractivity contribution in [1.29, 1.82) is 0 Å². The predicted octanol–water partition coefficient (Wildman–Crippen LogP) is -2.00. The SMILES string of the molecule is COc1cccnc1-c1[c-]n(C)nc1.O=CO.[Na+]. The summed E-state index contributed by atoms with van der Waals surface area (Å²) < 4.78 is 6.80. The molecule has 0 aliphatic heterocycles. The van der Waals surface area contributed by atoms with E-state index in [1.54, 1.807) is 24.2 Å². The normalized spacial score (nSPS) is 8.56. The molecule has 2 aromatic heterocycles. The van der Waals surface area contributed by atoms with Crippen molar-refractivity contribution >= 4 is 6.47 Å². The molecule has 18 heavy (non-hydrogen) atoms. The molecule has 0 saturated heterocycles. The fraction of sp³-hybridized carbons (Fsp3) is 0.182. The molecule has 7 heteroatoms. The summed E-state index contributed by atoms with van der Waals surface area (Å²) >= 11 is 0. The van der Waals surface area contributed by atoms with Crippen molar-refractivity contribution in [3.8, 4) is 17.0 Å². The van der Waals surface area contributed by atoms with Gasteiger partial charge in [-0.3, -0.25) is 9.89 Å². The molecular weight excluding hydrogens is 245 g/mol. The van der Waals surface area contributed by atoms with Crippen molar-refractivity contribution in [2.75, 3.05) is 7.11 Å². The van der Waals surface area contributed by atoms with Gasteiger partial charge in [-0.1, -0.05) is 12.4 Å². The van der Waals surface area contributed by atoms with Gasteiger partial charge in [-0.15, -0.1) is 5.56 Å². The third kappa shape index (κ3) is 4.48. The van der Waals surface area contributed by atoms with Crippen molar-refractivity contribution < 1.29 is 44.2 Å². The van der Waals surface area contributed by atoms with E-state index in [9.17, 15) is 0 Å². The number of hydrogen-bond donors (Lipinski definition) is 1. The van der Waals surface area contributed by atoms with Gasteiger partial charge in [0.05, 0.1) is 12.9 Å². The van der Waals surface area contributed by atoms with E-state index < -0.39 is 0 Å². The number of aryl methyl sites for hydroxylation is 1. The molecule has 0 saturated carbocycles. The van der Waals surface area contributed by atoms with Gasteiger partial charge in [0.2, 0.25) is 0 Å². The second-order valence-electron chi connectivity index (χ2n) is 2.95. The fourth-order valence-electron chi connectivity index (χ4n) is 1.25. The minimum absolute atomic E-state index is 0.